The minimum absolute atomic E-state index is 0.0836. The molecule has 16 heteroatoms. The van der Waals surface area contributed by atoms with Crippen LogP contribution in [0.15, 0.2) is 36.7 Å². The van der Waals surface area contributed by atoms with E-state index in [0.29, 0.717) is 0 Å². The Morgan fingerprint density at radius 2 is 2.00 bits per heavy atom. The number of alkyl halides is 1. The topological polar surface area (TPSA) is 182 Å². The fourth-order valence-corrected chi connectivity index (χ4v) is 5.31. The zero-order chi connectivity index (χ0) is 28.3. The first-order chi connectivity index (χ1) is 18.5. The number of methoxy groups -OCH3 is 1. The van der Waals surface area contributed by atoms with Gasteiger partial charge in [-0.05, 0) is 32.9 Å². The van der Waals surface area contributed by atoms with Gasteiger partial charge in [-0.15, -0.1) is 0 Å². The van der Waals surface area contributed by atoms with Crippen LogP contribution in [0.2, 0.25) is 0 Å². The molecule has 0 bridgehead atoms. The van der Waals surface area contributed by atoms with Crippen molar-refractivity contribution in [3.8, 4) is 11.6 Å². The Morgan fingerprint density at radius 3 is 2.67 bits per heavy atom. The Hall–Kier alpha value is -3.36. The number of ether oxygens (including phenoxy) is 3. The van der Waals surface area contributed by atoms with Gasteiger partial charge in [0, 0.05) is 0 Å². The molecule has 14 nitrogen and oxygen atoms in total. The summed E-state index contributed by atoms with van der Waals surface area (Å²) in [4.78, 5) is 24.5. The van der Waals surface area contributed by atoms with Crippen molar-refractivity contribution in [3.05, 3.63) is 36.7 Å². The smallest absolute Gasteiger partial charge is 0.459 e. The van der Waals surface area contributed by atoms with Gasteiger partial charge in [0.05, 0.1) is 26.1 Å². The maximum atomic E-state index is 15.2. The van der Waals surface area contributed by atoms with E-state index in [1.54, 1.807) is 32.0 Å². The van der Waals surface area contributed by atoms with Crippen molar-refractivity contribution < 1.29 is 42.1 Å². The lowest BCUT2D eigenvalue weighted by Crippen LogP contribution is -2.37. The van der Waals surface area contributed by atoms with Gasteiger partial charge in [0.1, 0.15) is 24.0 Å². The number of para-hydroxylation sites is 1. The van der Waals surface area contributed by atoms with E-state index in [0.717, 1.165) is 0 Å². The Bertz CT molecular complexity index is 1340. The van der Waals surface area contributed by atoms with Crippen LogP contribution in [0.3, 0.4) is 0 Å². The minimum Gasteiger partial charge on any atom is -0.479 e. The van der Waals surface area contributed by atoms with Crippen LogP contribution in [0.25, 0.3) is 11.2 Å². The van der Waals surface area contributed by atoms with Gasteiger partial charge < -0.3 is 29.6 Å². The third kappa shape index (κ3) is 6.45. The molecule has 3 aromatic rings. The number of halogens is 1. The first-order valence-corrected chi connectivity index (χ1v) is 13.5. The number of nitrogens with two attached hydrogens (primary N) is 1. The molecule has 0 aliphatic carbocycles. The molecule has 2 aromatic heterocycles. The van der Waals surface area contributed by atoms with Crippen molar-refractivity contribution in [3.63, 3.8) is 0 Å². The minimum atomic E-state index is -4.27. The monoisotopic (exact) mass is 568 g/mol. The van der Waals surface area contributed by atoms with Gasteiger partial charge in [0.25, 0.3) is 0 Å². The van der Waals surface area contributed by atoms with E-state index < -0.39 is 57.1 Å². The van der Waals surface area contributed by atoms with Crippen molar-refractivity contribution in [2.75, 3.05) is 19.5 Å². The molecule has 39 heavy (non-hydrogen) atoms. The largest absolute Gasteiger partial charge is 0.479 e. The maximum absolute atomic E-state index is 15.2. The maximum Gasteiger partial charge on any atom is 0.459 e. The molecule has 4 N–H and O–H groups in total. The number of rotatable bonds is 11. The first-order valence-electron chi connectivity index (χ1n) is 12.0. The number of nitrogens with zero attached hydrogens (tertiary/aromatic N) is 4. The molecule has 0 amide bonds. The summed E-state index contributed by atoms with van der Waals surface area (Å²) >= 11 is 0. The van der Waals surface area contributed by atoms with E-state index in [9.17, 15) is 14.5 Å². The lowest BCUT2D eigenvalue weighted by atomic mass is 10.1. The van der Waals surface area contributed by atoms with E-state index in [1.165, 1.54) is 37.1 Å². The third-order valence-corrected chi connectivity index (χ3v) is 7.25. The molecule has 1 fully saturated rings. The fraction of sp³-hybridized carbons (Fsp3) is 0.478. The number of anilines is 1. The normalized spacial score (nSPS) is 23.5. The number of fused-ring (bicyclic) bond motifs is 1. The van der Waals surface area contributed by atoms with Crippen molar-refractivity contribution in [1.29, 1.82) is 0 Å². The molecule has 1 aliphatic heterocycles. The van der Waals surface area contributed by atoms with Gasteiger partial charge in [-0.1, -0.05) is 18.2 Å². The number of carbonyl (C=O) groups excluding carboxylic acids is 1. The molecule has 0 unspecified atom stereocenters. The van der Waals surface area contributed by atoms with Gasteiger partial charge in [-0.2, -0.15) is 15.1 Å². The predicted octanol–water partition coefficient (Wildman–Crippen LogP) is 2.15. The Morgan fingerprint density at radius 1 is 1.28 bits per heavy atom. The molecule has 0 radical (unpaired) electrons. The standard InChI is InChI=1S/C23H30FN6O8P/c1-12(2)36-22(32)13(3)29-39(33,38-14-8-6-5-7-9-14)35-10-15-18(31)16(24)21(37-15)30-11-26-17-19(30)27-23(25)28-20(17)34-4/h5-9,11-13,15-16,18,21,31H,10H2,1-4H3,(H,29,33)(H2,25,27,28)/t13-,15+,16+,18+,21+,39+/m0/s1. The third-order valence-electron chi connectivity index (χ3n) is 5.60. The molecule has 1 aromatic carbocycles. The molecule has 1 aliphatic rings. The Kier molecular flexibility index (Phi) is 8.67. The molecular formula is C23H30FN6O8P. The van der Waals surface area contributed by atoms with Crippen LogP contribution in [0.1, 0.15) is 27.0 Å². The number of esters is 1. The average molecular weight is 568 g/mol. The van der Waals surface area contributed by atoms with Crippen LogP contribution < -0.4 is 20.1 Å². The summed E-state index contributed by atoms with van der Waals surface area (Å²) < 4.78 is 57.3. The zero-order valence-electron chi connectivity index (χ0n) is 21.6. The molecule has 0 saturated carbocycles. The Balaban J connectivity index is 1.52. The quantitative estimate of drug-likeness (QED) is 0.226. The number of aliphatic hydroxyl groups is 1. The number of aliphatic hydroxyl groups excluding tert-OH is 1. The van der Waals surface area contributed by atoms with Gasteiger partial charge in [0.2, 0.25) is 11.8 Å². The second kappa shape index (κ2) is 11.8. The molecule has 3 heterocycles. The number of benzene rings is 1. The number of imidazole rings is 1. The molecule has 0 spiro atoms. The molecular weight excluding hydrogens is 538 g/mol. The highest BCUT2D eigenvalue weighted by Gasteiger charge is 2.47. The van der Waals surface area contributed by atoms with Gasteiger partial charge >= 0.3 is 13.7 Å². The van der Waals surface area contributed by atoms with Crippen LogP contribution in [0.4, 0.5) is 10.3 Å². The second-order valence-corrected chi connectivity index (χ2v) is 10.6. The van der Waals surface area contributed by atoms with Gasteiger partial charge in [0.15, 0.2) is 23.6 Å². The van der Waals surface area contributed by atoms with Gasteiger partial charge in [-0.3, -0.25) is 13.9 Å². The first kappa shape index (κ1) is 28.6. The number of hydrogen-bond donors (Lipinski definition) is 3. The fourth-order valence-electron chi connectivity index (χ4n) is 3.81. The number of carbonyl (C=O) groups is 1. The van der Waals surface area contributed by atoms with Crippen molar-refractivity contribution >= 4 is 30.8 Å². The highest BCUT2D eigenvalue weighted by molar-refractivity contribution is 7.52. The summed E-state index contributed by atoms with van der Waals surface area (Å²) in [7, 11) is -2.90. The van der Waals surface area contributed by atoms with Crippen LogP contribution in [0.5, 0.6) is 11.6 Å². The van der Waals surface area contributed by atoms with Crippen molar-refractivity contribution in [1.82, 2.24) is 24.6 Å². The summed E-state index contributed by atoms with van der Waals surface area (Å²) in [5.74, 6) is -0.552. The SMILES string of the molecule is COc1nc(N)nc2c1ncn2[C@@H]1O[C@H](CO[P@](=O)(N[C@@H](C)C(=O)OC(C)C)Oc2ccccc2)[C@@H](O)[C@H]1F. The summed E-state index contributed by atoms with van der Waals surface area (Å²) in [6.07, 6.45) is -5.43. The molecule has 4 rings (SSSR count). The number of nitrogens with one attached hydrogen (secondary N) is 1. The summed E-state index contributed by atoms with van der Waals surface area (Å²) in [6, 6.07) is 7.02. The lowest BCUT2D eigenvalue weighted by molar-refractivity contribution is -0.149. The number of nitrogen functional groups attached to an aromatic ring is 1. The number of hydrogen-bond acceptors (Lipinski definition) is 12. The van der Waals surface area contributed by atoms with Crippen LogP contribution >= 0.6 is 7.75 Å². The van der Waals surface area contributed by atoms with Gasteiger partial charge in [-0.25, -0.2) is 13.9 Å². The zero-order valence-corrected chi connectivity index (χ0v) is 22.5. The van der Waals surface area contributed by atoms with Crippen LogP contribution in [-0.4, -0.2) is 74.8 Å². The van der Waals surface area contributed by atoms with Crippen LogP contribution in [0, 0.1) is 0 Å². The second-order valence-electron chi connectivity index (χ2n) is 8.95. The summed E-state index contributed by atoms with van der Waals surface area (Å²) in [5, 5.41) is 13.1. The lowest BCUT2D eigenvalue weighted by Gasteiger charge is -2.25. The van der Waals surface area contributed by atoms with Crippen LogP contribution in [-0.2, 0) is 23.4 Å². The van der Waals surface area contributed by atoms with E-state index in [4.69, 9.17) is 29.0 Å². The van der Waals surface area contributed by atoms with E-state index in [1.807, 2.05) is 0 Å². The molecule has 6 atom stereocenters. The highest BCUT2D eigenvalue weighted by atomic mass is 31.2. The molecule has 1 saturated heterocycles. The Labute approximate surface area is 223 Å². The van der Waals surface area contributed by atoms with Crippen molar-refractivity contribution in [2.45, 2.75) is 57.5 Å². The van der Waals surface area contributed by atoms with E-state index in [-0.39, 0.29) is 28.7 Å². The highest BCUT2D eigenvalue weighted by Crippen LogP contribution is 2.46. The predicted molar refractivity (Wildman–Crippen MR) is 136 cm³/mol. The van der Waals surface area contributed by atoms with E-state index in [2.05, 4.69) is 20.0 Å². The van der Waals surface area contributed by atoms with E-state index >= 15 is 4.39 Å². The summed E-state index contributed by atoms with van der Waals surface area (Å²) in [6.45, 7) is 4.21. The number of aromatic nitrogens is 4. The summed E-state index contributed by atoms with van der Waals surface area (Å²) in [5.41, 5.74) is 6.07. The average Bonchev–Trinajstić information content (AvgIpc) is 3.42. The van der Waals surface area contributed by atoms with Crippen molar-refractivity contribution in [2.24, 2.45) is 0 Å². The molecule has 212 valence electrons.